The molecule has 0 unspecified atom stereocenters. The average molecular weight is 404 g/mol. The number of rotatable bonds is 5. The van der Waals surface area contributed by atoms with Crippen LogP contribution in [-0.4, -0.2) is 10.9 Å². The number of ketones is 1. The normalized spacial score (nSPS) is 13.9. The van der Waals surface area contributed by atoms with E-state index in [-0.39, 0.29) is 23.1 Å². The molecule has 1 saturated carbocycles. The molecular weight excluding hydrogens is 382 g/mol. The standard InChI is InChI=1S/C23H21N3O2S/c24-14-19-20(25)22(21(28)15-6-4-5-7-15)29-23(19)26(16-8-2-1-3-9-16)17-10-12-18(27)13-11-17/h1-3,8-13,15,27H,4-7,25H2. The Morgan fingerprint density at radius 2 is 1.69 bits per heavy atom. The first-order chi connectivity index (χ1) is 14.1. The summed E-state index contributed by atoms with van der Waals surface area (Å²) in [5.41, 5.74) is 8.50. The number of Topliss-reactive ketones (excluding diaryl/α,β-unsaturated/α-hetero) is 1. The maximum absolute atomic E-state index is 13.1. The van der Waals surface area contributed by atoms with E-state index in [1.54, 1.807) is 24.3 Å². The van der Waals surface area contributed by atoms with E-state index in [1.807, 2.05) is 35.2 Å². The van der Waals surface area contributed by atoms with Crippen LogP contribution in [-0.2, 0) is 0 Å². The number of benzene rings is 2. The van der Waals surface area contributed by atoms with E-state index in [9.17, 15) is 15.2 Å². The van der Waals surface area contributed by atoms with Gasteiger partial charge in [-0.05, 0) is 49.2 Å². The van der Waals surface area contributed by atoms with Gasteiger partial charge in [0.05, 0.1) is 10.6 Å². The molecule has 146 valence electrons. The van der Waals surface area contributed by atoms with Gasteiger partial charge in [0.25, 0.3) is 0 Å². The molecule has 0 bridgehead atoms. The predicted molar refractivity (Wildman–Crippen MR) is 116 cm³/mol. The van der Waals surface area contributed by atoms with Gasteiger partial charge in [0, 0.05) is 17.3 Å². The molecule has 0 spiro atoms. The molecule has 1 aliphatic rings. The number of carbonyl (C=O) groups excluding carboxylic acids is 1. The van der Waals surface area contributed by atoms with Crippen LogP contribution in [0.2, 0.25) is 0 Å². The molecule has 1 heterocycles. The zero-order valence-corrected chi connectivity index (χ0v) is 16.7. The SMILES string of the molecule is N#Cc1c(N(c2ccccc2)c2ccc(O)cc2)sc(C(=O)C2CCCC2)c1N. The number of anilines is 4. The lowest BCUT2D eigenvalue weighted by atomic mass is 10.0. The monoisotopic (exact) mass is 403 g/mol. The Labute approximate surface area is 173 Å². The van der Waals surface area contributed by atoms with Crippen LogP contribution in [0, 0.1) is 17.2 Å². The number of nitrogen functional groups attached to an aromatic ring is 1. The summed E-state index contributed by atoms with van der Waals surface area (Å²) >= 11 is 1.27. The molecular formula is C23H21N3O2S. The minimum atomic E-state index is -0.00538. The lowest BCUT2D eigenvalue weighted by Gasteiger charge is -2.24. The zero-order valence-electron chi connectivity index (χ0n) is 15.8. The van der Waals surface area contributed by atoms with Crippen molar-refractivity contribution in [2.75, 3.05) is 10.6 Å². The van der Waals surface area contributed by atoms with Crippen LogP contribution in [0.1, 0.15) is 40.9 Å². The van der Waals surface area contributed by atoms with Crippen molar-refractivity contribution >= 4 is 39.2 Å². The van der Waals surface area contributed by atoms with Crippen molar-refractivity contribution in [2.45, 2.75) is 25.7 Å². The summed E-state index contributed by atoms with van der Waals surface area (Å²) in [7, 11) is 0. The van der Waals surface area contributed by atoms with Crippen LogP contribution >= 0.6 is 11.3 Å². The first kappa shape index (κ1) is 19.0. The van der Waals surface area contributed by atoms with Gasteiger partial charge in [0.1, 0.15) is 22.4 Å². The van der Waals surface area contributed by atoms with Crippen LogP contribution < -0.4 is 10.6 Å². The van der Waals surface area contributed by atoms with Crippen molar-refractivity contribution in [3.63, 3.8) is 0 Å². The van der Waals surface area contributed by atoms with Gasteiger partial charge >= 0.3 is 0 Å². The third kappa shape index (κ3) is 3.57. The Bertz CT molecular complexity index is 1060. The third-order valence-electron chi connectivity index (χ3n) is 5.31. The van der Waals surface area contributed by atoms with E-state index < -0.39 is 0 Å². The van der Waals surface area contributed by atoms with Crippen LogP contribution in [0.3, 0.4) is 0 Å². The van der Waals surface area contributed by atoms with Gasteiger partial charge in [-0.3, -0.25) is 4.79 Å². The average Bonchev–Trinajstić information content (AvgIpc) is 3.38. The maximum Gasteiger partial charge on any atom is 0.178 e. The Kier molecular flexibility index (Phi) is 5.24. The lowest BCUT2D eigenvalue weighted by molar-refractivity contribution is 0.0928. The molecule has 3 aromatic rings. The number of nitrogens with two attached hydrogens (primary N) is 1. The van der Waals surface area contributed by atoms with Gasteiger partial charge in [0.2, 0.25) is 0 Å². The molecule has 0 aliphatic heterocycles. The van der Waals surface area contributed by atoms with Gasteiger partial charge in [-0.25, -0.2) is 0 Å². The van der Waals surface area contributed by atoms with E-state index in [0.29, 0.717) is 15.4 Å². The van der Waals surface area contributed by atoms with E-state index in [1.165, 1.54) is 11.3 Å². The second kappa shape index (κ2) is 7.98. The second-order valence-electron chi connectivity index (χ2n) is 7.17. The number of hydrogen-bond acceptors (Lipinski definition) is 6. The molecule has 6 heteroatoms. The minimum Gasteiger partial charge on any atom is -0.508 e. The Hall–Kier alpha value is -3.30. The summed E-state index contributed by atoms with van der Waals surface area (Å²) in [6.45, 7) is 0. The molecule has 4 rings (SSSR count). The maximum atomic E-state index is 13.1. The summed E-state index contributed by atoms with van der Waals surface area (Å²) in [6.07, 6.45) is 3.88. The lowest BCUT2D eigenvalue weighted by Crippen LogP contribution is -2.11. The predicted octanol–water partition coefficient (Wildman–Crippen LogP) is 5.75. The van der Waals surface area contributed by atoms with Crippen molar-refractivity contribution < 1.29 is 9.90 Å². The Morgan fingerprint density at radius 3 is 2.31 bits per heavy atom. The topological polar surface area (TPSA) is 90.4 Å². The Morgan fingerprint density at radius 1 is 1.07 bits per heavy atom. The fourth-order valence-electron chi connectivity index (χ4n) is 3.82. The molecule has 5 nitrogen and oxygen atoms in total. The third-order valence-corrected chi connectivity index (χ3v) is 6.52. The summed E-state index contributed by atoms with van der Waals surface area (Å²) in [5, 5.41) is 20.1. The highest BCUT2D eigenvalue weighted by Gasteiger charge is 2.31. The van der Waals surface area contributed by atoms with Crippen LogP contribution in [0.5, 0.6) is 5.75 Å². The number of thiophene rings is 1. The number of hydrogen-bond donors (Lipinski definition) is 2. The summed E-state index contributed by atoms with van der Waals surface area (Å²) in [6, 6.07) is 18.6. The van der Waals surface area contributed by atoms with Crippen molar-refractivity contribution in [2.24, 2.45) is 5.92 Å². The van der Waals surface area contributed by atoms with E-state index in [2.05, 4.69) is 6.07 Å². The molecule has 1 aromatic heterocycles. The number of aromatic hydroxyl groups is 1. The summed E-state index contributed by atoms with van der Waals surface area (Å²) < 4.78 is 0. The highest BCUT2D eigenvalue weighted by Crippen LogP contribution is 2.46. The molecule has 0 atom stereocenters. The smallest absolute Gasteiger partial charge is 0.178 e. The number of para-hydroxylation sites is 1. The molecule has 0 saturated heterocycles. The number of carbonyl (C=O) groups is 1. The fourth-order valence-corrected chi connectivity index (χ4v) is 5.05. The molecule has 1 aliphatic carbocycles. The van der Waals surface area contributed by atoms with Crippen molar-refractivity contribution in [3.8, 4) is 11.8 Å². The van der Waals surface area contributed by atoms with E-state index in [0.717, 1.165) is 37.1 Å². The van der Waals surface area contributed by atoms with Gasteiger partial charge in [-0.2, -0.15) is 5.26 Å². The first-order valence-corrected chi connectivity index (χ1v) is 10.4. The largest absolute Gasteiger partial charge is 0.508 e. The minimum absolute atomic E-state index is 0.00538. The molecule has 2 aromatic carbocycles. The fraction of sp³-hybridized carbons (Fsp3) is 0.217. The number of phenolic OH excluding ortho intramolecular Hbond substituents is 1. The molecule has 0 radical (unpaired) electrons. The number of nitriles is 1. The van der Waals surface area contributed by atoms with Crippen molar-refractivity contribution in [1.82, 2.24) is 0 Å². The van der Waals surface area contributed by atoms with Crippen molar-refractivity contribution in [3.05, 3.63) is 65.0 Å². The van der Waals surface area contributed by atoms with E-state index >= 15 is 0 Å². The number of nitrogens with zero attached hydrogens (tertiary/aromatic N) is 2. The second-order valence-corrected chi connectivity index (χ2v) is 8.17. The highest BCUT2D eigenvalue weighted by molar-refractivity contribution is 7.19. The van der Waals surface area contributed by atoms with Gasteiger partial charge in [-0.15, -0.1) is 11.3 Å². The summed E-state index contributed by atoms with van der Waals surface area (Å²) in [4.78, 5) is 15.4. The zero-order chi connectivity index (χ0) is 20.4. The highest BCUT2D eigenvalue weighted by atomic mass is 32.1. The van der Waals surface area contributed by atoms with Crippen LogP contribution in [0.15, 0.2) is 54.6 Å². The van der Waals surface area contributed by atoms with Crippen LogP contribution in [0.25, 0.3) is 0 Å². The van der Waals surface area contributed by atoms with Crippen molar-refractivity contribution in [1.29, 1.82) is 5.26 Å². The molecule has 0 amide bonds. The van der Waals surface area contributed by atoms with Crippen LogP contribution in [0.4, 0.5) is 22.1 Å². The van der Waals surface area contributed by atoms with Gasteiger partial charge < -0.3 is 15.7 Å². The van der Waals surface area contributed by atoms with E-state index in [4.69, 9.17) is 5.73 Å². The Balaban J connectivity index is 1.86. The number of phenols is 1. The first-order valence-electron chi connectivity index (χ1n) is 9.61. The van der Waals surface area contributed by atoms with Gasteiger partial charge in [0.15, 0.2) is 5.78 Å². The quantitative estimate of drug-likeness (QED) is 0.529. The molecule has 29 heavy (non-hydrogen) atoms. The summed E-state index contributed by atoms with van der Waals surface area (Å²) in [5.74, 6) is 0.200. The molecule has 1 fully saturated rings. The molecule has 3 N–H and O–H groups in total. The van der Waals surface area contributed by atoms with Gasteiger partial charge in [-0.1, -0.05) is 31.0 Å².